The Morgan fingerprint density at radius 2 is 2.00 bits per heavy atom. The summed E-state index contributed by atoms with van der Waals surface area (Å²) in [5.41, 5.74) is 1.30. The van der Waals surface area contributed by atoms with Gasteiger partial charge in [0.1, 0.15) is 5.15 Å². The van der Waals surface area contributed by atoms with Gasteiger partial charge in [-0.2, -0.15) is 0 Å². The van der Waals surface area contributed by atoms with Crippen LogP contribution < -0.4 is 0 Å². The monoisotopic (exact) mass is 294 g/mol. The van der Waals surface area contributed by atoms with Crippen LogP contribution in [0, 0.1) is 0 Å². The second kappa shape index (κ2) is 5.03. The van der Waals surface area contributed by atoms with E-state index in [1.807, 2.05) is 11.0 Å². The third-order valence-electron chi connectivity index (χ3n) is 3.96. The molecular formula is C16H23ClN2O. The summed E-state index contributed by atoms with van der Waals surface area (Å²) in [5, 5.41) is 0.387. The number of pyridine rings is 1. The second-order valence-corrected chi connectivity index (χ2v) is 7.57. The van der Waals surface area contributed by atoms with Crippen molar-refractivity contribution in [3.05, 3.63) is 28.5 Å². The first-order valence-corrected chi connectivity index (χ1v) is 7.49. The van der Waals surface area contributed by atoms with E-state index in [1.165, 1.54) is 0 Å². The molecule has 0 radical (unpaired) electrons. The largest absolute Gasteiger partial charge is 0.334 e. The molecule has 2 heterocycles. The highest BCUT2D eigenvalue weighted by Gasteiger charge is 2.36. The van der Waals surface area contributed by atoms with Gasteiger partial charge < -0.3 is 4.90 Å². The fourth-order valence-electron chi connectivity index (χ4n) is 2.64. The predicted molar refractivity (Wildman–Crippen MR) is 82.3 cm³/mol. The molecule has 0 unspecified atom stereocenters. The fraction of sp³-hybridized carbons (Fsp3) is 0.625. The first kappa shape index (κ1) is 15.3. The minimum atomic E-state index is -0.125. The van der Waals surface area contributed by atoms with Crippen molar-refractivity contribution in [2.75, 3.05) is 6.54 Å². The maximum atomic E-state index is 12.7. The minimum Gasteiger partial charge on any atom is -0.334 e. The number of carbonyl (C=O) groups excluding carboxylic acids is 1. The van der Waals surface area contributed by atoms with E-state index in [1.54, 1.807) is 6.07 Å². The van der Waals surface area contributed by atoms with Crippen LogP contribution in [0.4, 0.5) is 0 Å². The maximum absolute atomic E-state index is 12.7. The lowest BCUT2D eigenvalue weighted by molar-refractivity contribution is 0.0651. The molecule has 0 aromatic carbocycles. The van der Waals surface area contributed by atoms with Gasteiger partial charge in [-0.1, -0.05) is 32.4 Å². The summed E-state index contributed by atoms with van der Waals surface area (Å²) in [6.07, 6.45) is 2.10. The van der Waals surface area contributed by atoms with Gasteiger partial charge in [-0.25, -0.2) is 4.98 Å². The SMILES string of the molecule is CC(C)(C)c1cc(C(=O)N2CCCC2(C)C)cc(Cl)n1. The summed E-state index contributed by atoms with van der Waals surface area (Å²) in [6, 6.07) is 3.55. The molecule has 0 spiro atoms. The molecule has 0 N–H and O–H groups in total. The molecule has 1 aliphatic heterocycles. The summed E-state index contributed by atoms with van der Waals surface area (Å²) in [5.74, 6) is 0.0577. The van der Waals surface area contributed by atoms with E-state index in [9.17, 15) is 4.79 Å². The van der Waals surface area contributed by atoms with Crippen molar-refractivity contribution >= 4 is 17.5 Å². The van der Waals surface area contributed by atoms with E-state index in [2.05, 4.69) is 39.6 Å². The molecular weight excluding hydrogens is 272 g/mol. The van der Waals surface area contributed by atoms with Crippen LogP contribution in [0.25, 0.3) is 0 Å². The molecule has 2 rings (SSSR count). The Morgan fingerprint density at radius 1 is 1.35 bits per heavy atom. The summed E-state index contributed by atoms with van der Waals surface area (Å²) in [7, 11) is 0. The third-order valence-corrected chi connectivity index (χ3v) is 4.15. The van der Waals surface area contributed by atoms with Crippen LogP contribution in [0.1, 0.15) is 63.5 Å². The molecule has 1 amide bonds. The van der Waals surface area contributed by atoms with Crippen LogP contribution in [0.3, 0.4) is 0 Å². The molecule has 0 atom stereocenters. The van der Waals surface area contributed by atoms with E-state index in [0.717, 1.165) is 25.1 Å². The number of aromatic nitrogens is 1. The van der Waals surface area contributed by atoms with Crippen LogP contribution in [-0.4, -0.2) is 27.9 Å². The van der Waals surface area contributed by atoms with Crippen molar-refractivity contribution in [2.24, 2.45) is 0 Å². The lowest BCUT2D eigenvalue weighted by Crippen LogP contribution is -2.42. The molecule has 4 heteroatoms. The van der Waals surface area contributed by atoms with Crippen LogP contribution in [0.15, 0.2) is 12.1 Å². The average molecular weight is 295 g/mol. The van der Waals surface area contributed by atoms with Crippen LogP contribution >= 0.6 is 11.6 Å². The number of hydrogen-bond acceptors (Lipinski definition) is 2. The van der Waals surface area contributed by atoms with Gasteiger partial charge in [0.15, 0.2) is 0 Å². The molecule has 1 aromatic heterocycles. The first-order valence-electron chi connectivity index (χ1n) is 7.11. The van der Waals surface area contributed by atoms with Gasteiger partial charge in [-0.15, -0.1) is 0 Å². The summed E-state index contributed by atoms with van der Waals surface area (Å²) in [4.78, 5) is 19.0. The topological polar surface area (TPSA) is 33.2 Å². The van der Waals surface area contributed by atoms with Crippen LogP contribution in [-0.2, 0) is 5.41 Å². The highest BCUT2D eigenvalue weighted by atomic mass is 35.5. The van der Waals surface area contributed by atoms with Gasteiger partial charge >= 0.3 is 0 Å². The quantitative estimate of drug-likeness (QED) is 0.732. The van der Waals surface area contributed by atoms with Crippen LogP contribution in [0.2, 0.25) is 5.15 Å². The van der Waals surface area contributed by atoms with Crippen molar-refractivity contribution in [1.82, 2.24) is 9.88 Å². The summed E-state index contributed by atoms with van der Waals surface area (Å²) < 4.78 is 0. The van der Waals surface area contributed by atoms with E-state index in [-0.39, 0.29) is 16.9 Å². The van der Waals surface area contributed by atoms with Gasteiger partial charge in [0, 0.05) is 28.8 Å². The van der Waals surface area contributed by atoms with Crippen molar-refractivity contribution in [3.63, 3.8) is 0 Å². The molecule has 1 saturated heterocycles. The van der Waals surface area contributed by atoms with Crippen molar-refractivity contribution in [2.45, 2.75) is 58.4 Å². The molecule has 20 heavy (non-hydrogen) atoms. The van der Waals surface area contributed by atoms with Crippen molar-refractivity contribution in [1.29, 1.82) is 0 Å². The van der Waals surface area contributed by atoms with Gasteiger partial charge in [-0.05, 0) is 38.8 Å². The Balaban J connectivity index is 2.38. The van der Waals surface area contributed by atoms with Crippen molar-refractivity contribution in [3.8, 4) is 0 Å². The Bertz CT molecular complexity index is 532. The smallest absolute Gasteiger partial charge is 0.254 e. The maximum Gasteiger partial charge on any atom is 0.254 e. The number of carbonyl (C=O) groups is 1. The molecule has 1 aromatic rings. The Hall–Kier alpha value is -1.09. The normalized spacial score (nSPS) is 18.4. The van der Waals surface area contributed by atoms with Gasteiger partial charge in [0.2, 0.25) is 0 Å². The molecule has 0 bridgehead atoms. The van der Waals surface area contributed by atoms with Crippen molar-refractivity contribution < 1.29 is 4.79 Å². The molecule has 3 nitrogen and oxygen atoms in total. The minimum absolute atomic E-state index is 0.0577. The summed E-state index contributed by atoms with van der Waals surface area (Å²) >= 11 is 6.10. The Kier molecular flexibility index (Phi) is 3.85. The summed E-state index contributed by atoms with van der Waals surface area (Å²) in [6.45, 7) is 11.3. The highest BCUT2D eigenvalue weighted by Crippen LogP contribution is 2.31. The first-order chi connectivity index (χ1) is 9.11. The Morgan fingerprint density at radius 3 is 2.50 bits per heavy atom. The Labute approximate surface area is 126 Å². The van der Waals surface area contributed by atoms with E-state index in [0.29, 0.717) is 10.7 Å². The fourth-order valence-corrected chi connectivity index (χ4v) is 2.85. The van der Waals surface area contributed by atoms with Gasteiger partial charge in [-0.3, -0.25) is 4.79 Å². The number of nitrogens with zero attached hydrogens (tertiary/aromatic N) is 2. The zero-order chi connectivity index (χ0) is 15.1. The predicted octanol–water partition coefficient (Wildman–Crippen LogP) is 4.05. The number of halogens is 1. The number of hydrogen-bond donors (Lipinski definition) is 0. The van der Waals surface area contributed by atoms with Gasteiger partial charge in [0.25, 0.3) is 5.91 Å². The standard InChI is InChI=1S/C16H23ClN2O/c1-15(2,3)12-9-11(10-13(17)18-12)14(20)19-8-6-7-16(19,4)5/h9-10H,6-8H2,1-5H3. The van der Waals surface area contributed by atoms with Crippen LogP contribution in [0.5, 0.6) is 0 Å². The molecule has 1 aliphatic rings. The third kappa shape index (κ3) is 2.98. The molecule has 110 valence electrons. The van der Waals surface area contributed by atoms with E-state index >= 15 is 0 Å². The zero-order valence-electron chi connectivity index (χ0n) is 13.0. The second-order valence-electron chi connectivity index (χ2n) is 7.19. The zero-order valence-corrected chi connectivity index (χ0v) is 13.7. The van der Waals surface area contributed by atoms with E-state index in [4.69, 9.17) is 11.6 Å². The number of rotatable bonds is 1. The van der Waals surface area contributed by atoms with Gasteiger partial charge in [0.05, 0.1) is 0 Å². The number of amides is 1. The van der Waals surface area contributed by atoms with E-state index < -0.39 is 0 Å². The molecule has 1 fully saturated rings. The lowest BCUT2D eigenvalue weighted by Gasteiger charge is -2.32. The highest BCUT2D eigenvalue weighted by molar-refractivity contribution is 6.29. The lowest BCUT2D eigenvalue weighted by atomic mass is 9.90. The molecule has 0 aliphatic carbocycles. The number of likely N-dealkylation sites (tertiary alicyclic amines) is 1. The average Bonchev–Trinajstić information content (AvgIpc) is 2.66. The molecule has 0 saturated carbocycles.